The summed E-state index contributed by atoms with van der Waals surface area (Å²) in [5.74, 6) is 1.65. The Labute approximate surface area is 209 Å². The third-order valence-electron chi connectivity index (χ3n) is 8.14. The molecule has 6 heteroatoms. The second-order valence-electron chi connectivity index (χ2n) is 9.91. The smallest absolute Gasteiger partial charge is 0.339 e. The Morgan fingerprint density at radius 1 is 1.00 bits per heavy atom. The van der Waals surface area contributed by atoms with Crippen molar-refractivity contribution < 1.29 is 14.3 Å². The van der Waals surface area contributed by atoms with Crippen LogP contribution in [0.15, 0.2) is 66.7 Å². The van der Waals surface area contributed by atoms with Gasteiger partial charge in [-0.1, -0.05) is 41.9 Å². The largest absolute Gasteiger partial charge is 0.465 e. The molecule has 3 aromatic rings. The van der Waals surface area contributed by atoms with Crippen molar-refractivity contribution in [3.05, 3.63) is 94.0 Å². The fraction of sp³-hybridized carbons (Fsp3) is 0.310. The van der Waals surface area contributed by atoms with Gasteiger partial charge in [0.2, 0.25) is 0 Å². The first kappa shape index (κ1) is 22.2. The number of benzene rings is 3. The van der Waals surface area contributed by atoms with Crippen LogP contribution in [0.4, 0.5) is 11.4 Å². The quantitative estimate of drug-likeness (QED) is 0.404. The number of rotatable bonds is 4. The van der Waals surface area contributed by atoms with E-state index >= 15 is 0 Å². The van der Waals surface area contributed by atoms with E-state index in [0.29, 0.717) is 35.0 Å². The summed E-state index contributed by atoms with van der Waals surface area (Å²) < 4.78 is 4.79. The zero-order chi connectivity index (χ0) is 24.1. The maximum absolute atomic E-state index is 13.2. The van der Waals surface area contributed by atoms with Crippen LogP contribution in [0.2, 0.25) is 5.02 Å². The summed E-state index contributed by atoms with van der Waals surface area (Å²) in [6.45, 7) is 0. The average Bonchev–Trinajstić information content (AvgIpc) is 3.52. The van der Waals surface area contributed by atoms with Crippen molar-refractivity contribution in [3.8, 4) is 0 Å². The standard InChI is InChI=1S/C29H27ClN2O3/c1-35-29(34)21-15-20(10-11-23(21)30)31-28(33)19-9-12-24-22(14-19)25-17-7-8-18(13-17)26(25)27(32-24)16-5-3-2-4-6-16/h2-6,9-12,14-15,17-18,25-27,32H,7-8,13H2,1H3,(H,31,33)/t17-,18-,25-,26+,27-/m0/s1. The summed E-state index contributed by atoms with van der Waals surface area (Å²) in [6.07, 6.45) is 3.84. The number of halogens is 1. The number of carbonyl (C=O) groups is 2. The van der Waals surface area contributed by atoms with Crippen molar-refractivity contribution in [2.45, 2.75) is 31.2 Å². The van der Waals surface area contributed by atoms with Gasteiger partial charge in [0.15, 0.2) is 0 Å². The molecule has 2 saturated carbocycles. The molecule has 2 fully saturated rings. The van der Waals surface area contributed by atoms with E-state index in [4.69, 9.17) is 16.3 Å². The molecule has 178 valence electrons. The first-order valence-electron chi connectivity index (χ1n) is 12.2. The molecule has 3 aromatic carbocycles. The van der Waals surface area contributed by atoms with Crippen LogP contribution in [0.3, 0.4) is 0 Å². The summed E-state index contributed by atoms with van der Waals surface area (Å²) in [7, 11) is 1.30. The van der Waals surface area contributed by atoms with Gasteiger partial charge in [-0.15, -0.1) is 0 Å². The number of ether oxygens (including phenoxy) is 1. The zero-order valence-corrected chi connectivity index (χ0v) is 20.2. The van der Waals surface area contributed by atoms with Crippen LogP contribution < -0.4 is 10.6 Å². The van der Waals surface area contributed by atoms with Crippen molar-refractivity contribution in [1.82, 2.24) is 0 Å². The summed E-state index contributed by atoms with van der Waals surface area (Å²) in [5.41, 5.74) is 5.06. The predicted molar refractivity (Wildman–Crippen MR) is 137 cm³/mol. The van der Waals surface area contributed by atoms with E-state index in [0.717, 1.165) is 11.6 Å². The van der Waals surface area contributed by atoms with E-state index in [1.807, 2.05) is 12.1 Å². The number of fused-ring (bicyclic) bond motifs is 7. The molecule has 35 heavy (non-hydrogen) atoms. The van der Waals surface area contributed by atoms with Crippen LogP contribution in [0.5, 0.6) is 0 Å². The number of nitrogens with one attached hydrogen (secondary N) is 2. The van der Waals surface area contributed by atoms with Crippen LogP contribution in [0.25, 0.3) is 0 Å². The van der Waals surface area contributed by atoms with Crippen molar-refractivity contribution in [1.29, 1.82) is 0 Å². The van der Waals surface area contributed by atoms with E-state index in [1.165, 1.54) is 37.5 Å². The molecule has 0 saturated heterocycles. The molecule has 2 bridgehead atoms. The number of carbonyl (C=O) groups excluding carboxylic acids is 2. The van der Waals surface area contributed by atoms with Gasteiger partial charge in [-0.3, -0.25) is 4.79 Å². The Balaban J connectivity index is 1.31. The maximum atomic E-state index is 13.2. The predicted octanol–water partition coefficient (Wildman–Crippen LogP) is 6.68. The first-order valence-corrected chi connectivity index (χ1v) is 12.6. The number of anilines is 2. The molecule has 0 spiro atoms. The van der Waals surface area contributed by atoms with Crippen LogP contribution in [0.1, 0.15) is 63.1 Å². The fourth-order valence-corrected chi connectivity index (χ4v) is 6.88. The van der Waals surface area contributed by atoms with Gasteiger partial charge < -0.3 is 15.4 Å². The topological polar surface area (TPSA) is 67.4 Å². The lowest BCUT2D eigenvalue weighted by Gasteiger charge is -2.43. The monoisotopic (exact) mass is 486 g/mol. The van der Waals surface area contributed by atoms with Crippen LogP contribution in [0, 0.1) is 17.8 Å². The third-order valence-corrected chi connectivity index (χ3v) is 8.47. The molecule has 1 aliphatic heterocycles. The Hall–Kier alpha value is -3.31. The first-order chi connectivity index (χ1) is 17.0. The molecule has 5 atom stereocenters. The Kier molecular flexibility index (Phi) is 5.53. The molecule has 5 nitrogen and oxygen atoms in total. The number of methoxy groups -OCH3 is 1. The number of amides is 1. The molecule has 1 heterocycles. The highest BCUT2D eigenvalue weighted by Gasteiger charge is 2.53. The zero-order valence-electron chi connectivity index (χ0n) is 19.5. The number of hydrogen-bond acceptors (Lipinski definition) is 4. The molecular weight excluding hydrogens is 460 g/mol. The lowest BCUT2D eigenvalue weighted by molar-refractivity contribution is 0.0600. The highest BCUT2D eigenvalue weighted by molar-refractivity contribution is 6.33. The molecule has 2 aliphatic carbocycles. The molecule has 0 aromatic heterocycles. The highest BCUT2D eigenvalue weighted by atomic mass is 35.5. The summed E-state index contributed by atoms with van der Waals surface area (Å²) in [6, 6.07) is 21.8. The lowest BCUT2D eigenvalue weighted by Crippen LogP contribution is -2.35. The SMILES string of the molecule is COC(=O)c1cc(NC(=O)c2ccc3c(c2)[C@@H]2[C@H]4CC[C@@H](C4)[C@H]2[C@H](c2ccccc2)N3)ccc1Cl. The second-order valence-corrected chi connectivity index (χ2v) is 10.3. The number of hydrogen-bond donors (Lipinski definition) is 2. The van der Waals surface area contributed by atoms with Gasteiger partial charge in [0.1, 0.15) is 0 Å². The molecule has 6 rings (SSSR count). The minimum absolute atomic E-state index is 0.212. The molecule has 3 aliphatic rings. The molecular formula is C29H27ClN2O3. The van der Waals surface area contributed by atoms with E-state index in [-0.39, 0.29) is 16.5 Å². The fourth-order valence-electron chi connectivity index (χ4n) is 6.69. The van der Waals surface area contributed by atoms with Gasteiger partial charge in [0, 0.05) is 16.9 Å². The second kappa shape index (κ2) is 8.72. The Bertz CT molecular complexity index is 1310. The molecule has 0 radical (unpaired) electrons. The molecule has 2 N–H and O–H groups in total. The summed E-state index contributed by atoms with van der Waals surface area (Å²) in [4.78, 5) is 25.2. The van der Waals surface area contributed by atoms with Crippen molar-refractivity contribution >= 4 is 34.9 Å². The highest BCUT2D eigenvalue weighted by Crippen LogP contribution is 2.63. The normalized spacial score (nSPS) is 25.8. The number of esters is 1. The Morgan fingerprint density at radius 2 is 1.80 bits per heavy atom. The van der Waals surface area contributed by atoms with Crippen LogP contribution in [-0.2, 0) is 4.74 Å². The molecule has 0 unspecified atom stereocenters. The summed E-state index contributed by atoms with van der Waals surface area (Å²) in [5, 5.41) is 7.02. The van der Waals surface area contributed by atoms with Crippen LogP contribution in [-0.4, -0.2) is 19.0 Å². The van der Waals surface area contributed by atoms with Gasteiger partial charge in [0.25, 0.3) is 5.91 Å². The summed E-state index contributed by atoms with van der Waals surface area (Å²) >= 11 is 6.12. The van der Waals surface area contributed by atoms with Crippen molar-refractivity contribution in [2.75, 3.05) is 17.7 Å². The molecule has 1 amide bonds. The average molecular weight is 487 g/mol. The van der Waals surface area contributed by atoms with Crippen LogP contribution >= 0.6 is 11.6 Å². The van der Waals surface area contributed by atoms with Gasteiger partial charge in [-0.05, 0) is 90.5 Å². The van der Waals surface area contributed by atoms with Gasteiger partial charge in [-0.25, -0.2) is 4.79 Å². The van der Waals surface area contributed by atoms with E-state index in [9.17, 15) is 9.59 Å². The minimum atomic E-state index is -0.541. The van der Waals surface area contributed by atoms with Gasteiger partial charge in [0.05, 0.1) is 23.7 Å². The lowest BCUT2D eigenvalue weighted by atomic mass is 9.68. The van der Waals surface area contributed by atoms with Crippen molar-refractivity contribution in [3.63, 3.8) is 0 Å². The van der Waals surface area contributed by atoms with E-state index < -0.39 is 5.97 Å². The van der Waals surface area contributed by atoms with E-state index in [2.05, 4.69) is 47.0 Å². The minimum Gasteiger partial charge on any atom is -0.465 e. The van der Waals surface area contributed by atoms with Crippen molar-refractivity contribution in [2.24, 2.45) is 17.8 Å². The van der Waals surface area contributed by atoms with Gasteiger partial charge >= 0.3 is 5.97 Å². The Morgan fingerprint density at radius 3 is 2.60 bits per heavy atom. The third kappa shape index (κ3) is 3.79. The van der Waals surface area contributed by atoms with E-state index in [1.54, 1.807) is 18.2 Å². The van der Waals surface area contributed by atoms with Gasteiger partial charge in [-0.2, -0.15) is 0 Å². The maximum Gasteiger partial charge on any atom is 0.339 e.